The van der Waals surface area contributed by atoms with Gasteiger partial charge in [-0.3, -0.25) is 4.79 Å². The highest BCUT2D eigenvalue weighted by atomic mass is 32.1. The molecule has 20 heavy (non-hydrogen) atoms. The fraction of sp³-hybridized carbons (Fsp3) is 0.333. The van der Waals surface area contributed by atoms with Crippen molar-refractivity contribution in [3.05, 3.63) is 51.7 Å². The summed E-state index contributed by atoms with van der Waals surface area (Å²) in [6, 6.07) is 6.14. The maximum absolute atomic E-state index is 13.8. The average molecular weight is 290 g/mol. The van der Waals surface area contributed by atoms with Gasteiger partial charge in [-0.05, 0) is 31.9 Å². The van der Waals surface area contributed by atoms with Crippen molar-refractivity contribution in [1.29, 1.82) is 0 Å². The first-order valence-corrected chi connectivity index (χ1v) is 7.52. The first-order valence-electron chi connectivity index (χ1n) is 6.64. The maximum Gasteiger partial charge on any atom is 0.257 e. The number of likely N-dealkylation sites (tertiary alicyclic amines) is 1. The summed E-state index contributed by atoms with van der Waals surface area (Å²) in [7, 11) is 0. The first kappa shape index (κ1) is 13.2. The van der Waals surface area contributed by atoms with E-state index in [-0.39, 0.29) is 17.5 Å². The summed E-state index contributed by atoms with van der Waals surface area (Å²) in [6.07, 6.45) is 1.83. The Hall–Kier alpha value is -1.75. The number of aryl methyl sites for hydroxylation is 1. The molecule has 0 N–H and O–H groups in total. The van der Waals surface area contributed by atoms with Crippen LogP contribution in [0.2, 0.25) is 0 Å². The monoisotopic (exact) mass is 290 g/mol. The number of halogens is 1. The third-order valence-electron chi connectivity index (χ3n) is 3.54. The fourth-order valence-electron chi connectivity index (χ4n) is 2.58. The minimum Gasteiger partial charge on any atom is -0.329 e. The molecule has 0 aliphatic carbocycles. The third kappa shape index (κ3) is 2.33. The van der Waals surface area contributed by atoms with E-state index >= 15 is 0 Å². The SMILES string of the molecule is Cc1csc(C2CCCN2C(=O)c2ccccc2F)n1. The Morgan fingerprint density at radius 1 is 1.45 bits per heavy atom. The van der Waals surface area contributed by atoms with E-state index in [1.54, 1.807) is 34.4 Å². The number of carbonyl (C=O) groups is 1. The number of hydrogen-bond donors (Lipinski definition) is 0. The third-order valence-corrected chi connectivity index (χ3v) is 4.60. The van der Waals surface area contributed by atoms with Gasteiger partial charge in [0, 0.05) is 17.6 Å². The van der Waals surface area contributed by atoms with Crippen molar-refractivity contribution in [3.8, 4) is 0 Å². The van der Waals surface area contributed by atoms with Crippen LogP contribution in [0.1, 0.15) is 39.9 Å². The summed E-state index contributed by atoms with van der Waals surface area (Å²) < 4.78 is 13.8. The molecule has 1 aromatic carbocycles. The van der Waals surface area contributed by atoms with Crippen LogP contribution in [0.25, 0.3) is 0 Å². The van der Waals surface area contributed by atoms with Gasteiger partial charge in [-0.2, -0.15) is 0 Å². The quantitative estimate of drug-likeness (QED) is 0.847. The van der Waals surface area contributed by atoms with Crippen molar-refractivity contribution in [2.24, 2.45) is 0 Å². The van der Waals surface area contributed by atoms with E-state index in [0.29, 0.717) is 6.54 Å². The average Bonchev–Trinajstić information content (AvgIpc) is 3.06. The van der Waals surface area contributed by atoms with Gasteiger partial charge in [0.05, 0.1) is 11.6 Å². The molecule has 1 aliphatic rings. The van der Waals surface area contributed by atoms with Crippen LogP contribution in [0.5, 0.6) is 0 Å². The molecule has 1 amide bonds. The molecular formula is C15H15FN2OS. The van der Waals surface area contributed by atoms with Crippen LogP contribution in [-0.4, -0.2) is 22.3 Å². The maximum atomic E-state index is 13.8. The minimum absolute atomic E-state index is 0.0131. The predicted octanol–water partition coefficient (Wildman–Crippen LogP) is 3.57. The minimum atomic E-state index is -0.460. The van der Waals surface area contributed by atoms with Gasteiger partial charge >= 0.3 is 0 Å². The van der Waals surface area contributed by atoms with Crippen molar-refractivity contribution in [3.63, 3.8) is 0 Å². The van der Waals surface area contributed by atoms with Crippen LogP contribution in [0.3, 0.4) is 0 Å². The molecule has 1 fully saturated rings. The Morgan fingerprint density at radius 2 is 2.25 bits per heavy atom. The van der Waals surface area contributed by atoms with E-state index in [0.717, 1.165) is 23.5 Å². The van der Waals surface area contributed by atoms with Gasteiger partial charge in [0.1, 0.15) is 10.8 Å². The molecule has 0 saturated carbocycles. The Morgan fingerprint density at radius 3 is 2.95 bits per heavy atom. The molecule has 3 rings (SSSR count). The van der Waals surface area contributed by atoms with Gasteiger partial charge in [-0.25, -0.2) is 9.37 Å². The normalized spacial score (nSPS) is 18.5. The molecule has 2 heterocycles. The number of nitrogens with zero attached hydrogens (tertiary/aromatic N) is 2. The Balaban J connectivity index is 1.89. The zero-order valence-electron chi connectivity index (χ0n) is 11.2. The van der Waals surface area contributed by atoms with Gasteiger partial charge in [-0.1, -0.05) is 12.1 Å². The molecule has 0 bridgehead atoms. The fourth-order valence-corrected chi connectivity index (χ4v) is 3.52. The van der Waals surface area contributed by atoms with Gasteiger partial charge in [0.2, 0.25) is 0 Å². The number of hydrogen-bond acceptors (Lipinski definition) is 3. The second-order valence-corrected chi connectivity index (χ2v) is 5.85. The summed E-state index contributed by atoms with van der Waals surface area (Å²) in [6.45, 7) is 2.61. The van der Waals surface area contributed by atoms with Crippen LogP contribution in [0.15, 0.2) is 29.6 Å². The number of benzene rings is 1. The summed E-state index contributed by atoms with van der Waals surface area (Å²) >= 11 is 1.57. The molecular weight excluding hydrogens is 275 g/mol. The number of carbonyl (C=O) groups excluding carboxylic acids is 1. The van der Waals surface area contributed by atoms with Crippen molar-refractivity contribution < 1.29 is 9.18 Å². The number of rotatable bonds is 2. The van der Waals surface area contributed by atoms with Crippen molar-refractivity contribution >= 4 is 17.2 Å². The highest BCUT2D eigenvalue weighted by Gasteiger charge is 2.33. The molecule has 2 aromatic rings. The topological polar surface area (TPSA) is 33.2 Å². The lowest BCUT2D eigenvalue weighted by Gasteiger charge is -2.23. The standard InChI is InChI=1S/C15H15FN2OS/c1-10-9-20-14(17-10)13-7-4-8-18(13)15(19)11-5-2-3-6-12(11)16/h2-3,5-6,9,13H,4,7-8H2,1H3. The number of amides is 1. The van der Waals surface area contributed by atoms with E-state index in [1.807, 2.05) is 12.3 Å². The predicted molar refractivity (Wildman–Crippen MR) is 76.3 cm³/mol. The van der Waals surface area contributed by atoms with E-state index < -0.39 is 5.82 Å². The van der Waals surface area contributed by atoms with Gasteiger partial charge in [0.15, 0.2) is 0 Å². The summed E-state index contributed by atoms with van der Waals surface area (Å²) in [5.41, 5.74) is 1.11. The van der Waals surface area contributed by atoms with Gasteiger partial charge in [-0.15, -0.1) is 11.3 Å². The number of aromatic nitrogens is 1. The first-order chi connectivity index (χ1) is 9.66. The molecule has 104 valence electrons. The second-order valence-electron chi connectivity index (χ2n) is 4.96. The zero-order valence-corrected chi connectivity index (χ0v) is 12.0. The van der Waals surface area contributed by atoms with Crippen molar-refractivity contribution in [2.45, 2.75) is 25.8 Å². The summed E-state index contributed by atoms with van der Waals surface area (Å²) in [4.78, 5) is 18.7. The van der Waals surface area contributed by atoms with E-state index in [1.165, 1.54) is 6.07 Å². The molecule has 1 unspecified atom stereocenters. The van der Waals surface area contributed by atoms with E-state index in [4.69, 9.17) is 0 Å². The van der Waals surface area contributed by atoms with Crippen LogP contribution in [-0.2, 0) is 0 Å². The van der Waals surface area contributed by atoms with Crippen LogP contribution in [0, 0.1) is 12.7 Å². The van der Waals surface area contributed by atoms with Gasteiger partial charge in [0.25, 0.3) is 5.91 Å². The summed E-state index contributed by atoms with van der Waals surface area (Å²) in [5, 5.41) is 2.93. The molecule has 3 nitrogen and oxygen atoms in total. The van der Waals surface area contributed by atoms with Crippen LogP contribution < -0.4 is 0 Å². The van der Waals surface area contributed by atoms with Gasteiger partial charge < -0.3 is 4.90 Å². The van der Waals surface area contributed by atoms with E-state index in [9.17, 15) is 9.18 Å². The molecule has 0 radical (unpaired) electrons. The lowest BCUT2D eigenvalue weighted by atomic mass is 10.1. The zero-order chi connectivity index (χ0) is 14.1. The molecule has 5 heteroatoms. The summed E-state index contributed by atoms with van der Waals surface area (Å²) in [5.74, 6) is -0.697. The molecule has 1 aliphatic heterocycles. The lowest BCUT2D eigenvalue weighted by Crippen LogP contribution is -2.31. The smallest absolute Gasteiger partial charge is 0.257 e. The highest BCUT2D eigenvalue weighted by molar-refractivity contribution is 7.09. The van der Waals surface area contributed by atoms with Crippen molar-refractivity contribution in [2.75, 3.05) is 6.54 Å². The Bertz CT molecular complexity index is 640. The lowest BCUT2D eigenvalue weighted by molar-refractivity contribution is 0.0730. The molecule has 1 atom stereocenters. The molecule has 1 saturated heterocycles. The van der Waals surface area contributed by atoms with Crippen LogP contribution in [0.4, 0.5) is 4.39 Å². The number of thiazole rings is 1. The molecule has 1 aromatic heterocycles. The largest absolute Gasteiger partial charge is 0.329 e. The van der Waals surface area contributed by atoms with E-state index in [2.05, 4.69) is 4.98 Å². The Labute approximate surface area is 121 Å². The second kappa shape index (κ2) is 5.32. The molecule has 0 spiro atoms. The highest BCUT2D eigenvalue weighted by Crippen LogP contribution is 2.34. The van der Waals surface area contributed by atoms with Crippen LogP contribution >= 0.6 is 11.3 Å². The Kier molecular flexibility index (Phi) is 3.53. The van der Waals surface area contributed by atoms with Crippen molar-refractivity contribution in [1.82, 2.24) is 9.88 Å².